The van der Waals surface area contributed by atoms with Gasteiger partial charge in [0.05, 0.1) is 5.25 Å². The lowest BCUT2D eigenvalue weighted by Gasteiger charge is -2.07. The van der Waals surface area contributed by atoms with Gasteiger partial charge in [-0.05, 0) is 19.4 Å². The van der Waals surface area contributed by atoms with Crippen molar-refractivity contribution in [1.29, 1.82) is 0 Å². The van der Waals surface area contributed by atoms with Gasteiger partial charge in [-0.1, -0.05) is 29.8 Å². The molecular formula is C9H11ClO2S. The summed E-state index contributed by atoms with van der Waals surface area (Å²) in [5.41, 5.74) is 1.82. The molecule has 13 heavy (non-hydrogen) atoms. The predicted molar refractivity (Wildman–Crippen MR) is 54.4 cm³/mol. The molecule has 0 N–H and O–H groups in total. The Bertz CT molecular complexity index is 381. The zero-order valence-corrected chi connectivity index (χ0v) is 9.06. The van der Waals surface area contributed by atoms with Gasteiger partial charge in [-0.15, -0.1) is 0 Å². The number of hydrogen-bond donors (Lipinski definition) is 0. The summed E-state index contributed by atoms with van der Waals surface area (Å²) >= 11 is 0. The van der Waals surface area contributed by atoms with Crippen molar-refractivity contribution in [2.45, 2.75) is 19.1 Å². The van der Waals surface area contributed by atoms with Crippen LogP contribution < -0.4 is 0 Å². The van der Waals surface area contributed by atoms with Gasteiger partial charge < -0.3 is 0 Å². The van der Waals surface area contributed by atoms with Crippen molar-refractivity contribution in [3.63, 3.8) is 0 Å². The van der Waals surface area contributed by atoms with Crippen LogP contribution in [0.15, 0.2) is 24.3 Å². The molecule has 0 unspecified atom stereocenters. The quantitative estimate of drug-likeness (QED) is 0.716. The lowest BCUT2D eigenvalue weighted by molar-refractivity contribution is 0.600. The summed E-state index contributed by atoms with van der Waals surface area (Å²) in [4.78, 5) is 0. The maximum Gasteiger partial charge on any atom is 0.239 e. The normalized spacial score (nSPS) is 14.1. The fourth-order valence-corrected chi connectivity index (χ4v) is 1.79. The number of rotatable bonds is 2. The smallest absolute Gasteiger partial charge is 0.212 e. The van der Waals surface area contributed by atoms with Crippen LogP contribution in [-0.4, -0.2) is 8.42 Å². The van der Waals surface area contributed by atoms with Crippen LogP contribution in [0.25, 0.3) is 0 Å². The molecule has 0 aliphatic heterocycles. The first-order chi connectivity index (χ1) is 5.91. The maximum absolute atomic E-state index is 11.0. The highest BCUT2D eigenvalue weighted by atomic mass is 35.7. The van der Waals surface area contributed by atoms with E-state index in [1.807, 2.05) is 19.1 Å². The predicted octanol–water partition coefficient (Wildman–Crippen LogP) is 2.62. The Morgan fingerprint density at radius 1 is 1.23 bits per heavy atom. The number of halogens is 1. The summed E-state index contributed by atoms with van der Waals surface area (Å²) in [5, 5.41) is -0.644. The van der Waals surface area contributed by atoms with Gasteiger partial charge >= 0.3 is 0 Å². The van der Waals surface area contributed by atoms with E-state index in [1.54, 1.807) is 19.1 Å². The molecular weight excluding hydrogens is 208 g/mol. The molecule has 0 spiro atoms. The molecule has 2 nitrogen and oxygen atoms in total. The van der Waals surface area contributed by atoms with Gasteiger partial charge in [-0.3, -0.25) is 0 Å². The van der Waals surface area contributed by atoms with Crippen molar-refractivity contribution in [2.24, 2.45) is 0 Å². The summed E-state index contributed by atoms with van der Waals surface area (Å²) in [5.74, 6) is 0. The van der Waals surface area contributed by atoms with Gasteiger partial charge in [-0.2, -0.15) is 0 Å². The van der Waals surface area contributed by atoms with Crippen molar-refractivity contribution in [1.82, 2.24) is 0 Å². The Labute approximate surface area is 83.0 Å². The van der Waals surface area contributed by atoms with Crippen LogP contribution in [0.4, 0.5) is 0 Å². The monoisotopic (exact) mass is 218 g/mol. The molecule has 0 saturated carbocycles. The van der Waals surface area contributed by atoms with Crippen molar-refractivity contribution >= 4 is 19.7 Å². The molecule has 1 rings (SSSR count). The van der Waals surface area contributed by atoms with E-state index in [0.29, 0.717) is 0 Å². The second-order valence-corrected chi connectivity index (χ2v) is 5.98. The standard InChI is InChI=1S/C9H11ClO2S/c1-7-3-5-9(6-4-7)8(2)13(10,11)12/h3-6,8H,1-2H3/t8-/m1/s1. The molecule has 72 valence electrons. The Morgan fingerprint density at radius 2 is 1.69 bits per heavy atom. The van der Waals surface area contributed by atoms with E-state index >= 15 is 0 Å². The molecule has 1 aromatic rings. The van der Waals surface area contributed by atoms with Gasteiger partial charge in [-0.25, -0.2) is 8.42 Å². The second-order valence-electron chi connectivity index (χ2n) is 3.03. The summed E-state index contributed by atoms with van der Waals surface area (Å²) in [6.07, 6.45) is 0. The fourth-order valence-electron chi connectivity index (χ4n) is 1.00. The highest BCUT2D eigenvalue weighted by Crippen LogP contribution is 2.24. The zero-order chi connectivity index (χ0) is 10.1. The van der Waals surface area contributed by atoms with Crippen LogP contribution in [0, 0.1) is 6.92 Å². The third-order valence-corrected chi connectivity index (χ3v) is 3.89. The first-order valence-corrected chi connectivity index (χ1v) is 6.28. The molecule has 0 heterocycles. The van der Waals surface area contributed by atoms with Crippen LogP contribution >= 0.6 is 10.7 Å². The van der Waals surface area contributed by atoms with Crippen molar-refractivity contribution in [3.8, 4) is 0 Å². The molecule has 4 heteroatoms. The lowest BCUT2D eigenvalue weighted by Crippen LogP contribution is -2.02. The third kappa shape index (κ3) is 2.71. The molecule has 0 aliphatic carbocycles. The molecule has 0 aromatic heterocycles. The zero-order valence-electron chi connectivity index (χ0n) is 7.49. The Hall–Kier alpha value is -0.540. The van der Waals surface area contributed by atoms with Gasteiger partial charge in [0.25, 0.3) is 0 Å². The summed E-state index contributed by atoms with van der Waals surface area (Å²) in [7, 11) is 1.73. The van der Waals surface area contributed by atoms with Crippen LogP contribution in [0.3, 0.4) is 0 Å². The molecule has 0 bridgehead atoms. The minimum absolute atomic E-state index is 0.644. The molecule has 1 aromatic carbocycles. The third-order valence-electron chi connectivity index (χ3n) is 1.97. The van der Waals surface area contributed by atoms with Gasteiger partial charge in [0.15, 0.2) is 0 Å². The molecule has 0 saturated heterocycles. The summed E-state index contributed by atoms with van der Waals surface area (Å²) in [6.45, 7) is 3.52. The van der Waals surface area contributed by atoms with Crippen LogP contribution in [-0.2, 0) is 9.05 Å². The molecule has 0 fully saturated rings. The topological polar surface area (TPSA) is 34.1 Å². The molecule has 0 amide bonds. The fraction of sp³-hybridized carbons (Fsp3) is 0.333. The molecule has 1 atom stereocenters. The lowest BCUT2D eigenvalue weighted by atomic mass is 10.1. The van der Waals surface area contributed by atoms with Crippen molar-refractivity contribution in [2.75, 3.05) is 0 Å². The van der Waals surface area contributed by atoms with Gasteiger partial charge in [0.2, 0.25) is 9.05 Å². The number of benzene rings is 1. The Kier molecular flexibility index (Phi) is 2.98. The minimum atomic E-state index is -3.50. The van der Waals surface area contributed by atoms with E-state index in [4.69, 9.17) is 10.7 Å². The van der Waals surface area contributed by atoms with E-state index in [9.17, 15) is 8.42 Å². The minimum Gasteiger partial charge on any atom is -0.212 e. The van der Waals surface area contributed by atoms with Crippen LogP contribution in [0.1, 0.15) is 23.3 Å². The summed E-state index contributed by atoms with van der Waals surface area (Å²) in [6, 6.07) is 7.29. The average Bonchev–Trinajstić information content (AvgIpc) is 2.03. The maximum atomic E-state index is 11.0. The van der Waals surface area contributed by atoms with Crippen molar-refractivity contribution in [3.05, 3.63) is 35.4 Å². The highest BCUT2D eigenvalue weighted by Gasteiger charge is 2.18. The Balaban J connectivity index is 3.04. The first kappa shape index (κ1) is 10.5. The Morgan fingerprint density at radius 3 is 2.08 bits per heavy atom. The molecule has 0 aliphatic rings. The number of aryl methyl sites for hydroxylation is 1. The van der Waals surface area contributed by atoms with E-state index in [0.717, 1.165) is 11.1 Å². The largest absolute Gasteiger partial charge is 0.239 e. The second kappa shape index (κ2) is 3.68. The number of hydrogen-bond acceptors (Lipinski definition) is 2. The van der Waals surface area contributed by atoms with Gasteiger partial charge in [0.1, 0.15) is 0 Å². The summed E-state index contributed by atoms with van der Waals surface area (Å²) < 4.78 is 22.0. The van der Waals surface area contributed by atoms with E-state index in [-0.39, 0.29) is 0 Å². The SMILES string of the molecule is Cc1ccc([C@@H](C)S(=O)(=O)Cl)cc1. The van der Waals surface area contributed by atoms with E-state index in [2.05, 4.69) is 0 Å². The first-order valence-electron chi connectivity index (χ1n) is 3.91. The van der Waals surface area contributed by atoms with Crippen LogP contribution in [0.5, 0.6) is 0 Å². The van der Waals surface area contributed by atoms with Crippen molar-refractivity contribution < 1.29 is 8.42 Å². The highest BCUT2D eigenvalue weighted by molar-refractivity contribution is 8.13. The van der Waals surface area contributed by atoms with E-state index < -0.39 is 14.3 Å². The van der Waals surface area contributed by atoms with E-state index in [1.165, 1.54) is 0 Å². The van der Waals surface area contributed by atoms with Crippen LogP contribution in [0.2, 0.25) is 0 Å². The average molecular weight is 219 g/mol. The van der Waals surface area contributed by atoms with Gasteiger partial charge in [0, 0.05) is 10.7 Å². The molecule has 0 radical (unpaired) electrons.